The second kappa shape index (κ2) is 7.45. The molecule has 1 saturated carbocycles. The number of carbonyl (C=O) groups is 1. The molecule has 0 spiro atoms. The van der Waals surface area contributed by atoms with Crippen molar-refractivity contribution >= 4 is 33.4 Å². The van der Waals surface area contributed by atoms with Crippen LogP contribution in [0.4, 0.5) is 0 Å². The molecule has 1 heterocycles. The Morgan fingerprint density at radius 3 is 2.74 bits per heavy atom. The first kappa shape index (κ1) is 16.5. The van der Waals surface area contributed by atoms with Gasteiger partial charge >= 0.3 is 0 Å². The molecule has 0 bridgehead atoms. The molecule has 1 fully saturated rings. The molecule has 1 N–H and O–H groups in total. The van der Waals surface area contributed by atoms with Gasteiger partial charge in [-0.15, -0.1) is 0 Å². The lowest BCUT2D eigenvalue weighted by molar-refractivity contribution is 0.0920. The van der Waals surface area contributed by atoms with Crippen LogP contribution < -0.4 is 5.32 Å². The van der Waals surface area contributed by atoms with Crippen LogP contribution in [0, 0.1) is 5.92 Å². The van der Waals surface area contributed by atoms with Gasteiger partial charge in [0.2, 0.25) is 0 Å². The minimum atomic E-state index is -0.154. The van der Waals surface area contributed by atoms with E-state index in [-0.39, 0.29) is 11.9 Å². The topological polar surface area (TPSA) is 42.0 Å². The van der Waals surface area contributed by atoms with E-state index in [1.165, 1.54) is 12.8 Å². The van der Waals surface area contributed by atoms with Gasteiger partial charge in [0.25, 0.3) is 5.91 Å². The van der Waals surface area contributed by atoms with Crippen molar-refractivity contribution < 1.29 is 4.79 Å². The Balaban J connectivity index is 1.86. The molecule has 0 saturated heterocycles. The SMILES string of the molecule is O=C(NC(c1ccccn1)C1CCCC1)c1cc(Br)ccc1Cl. The number of halogens is 2. The molecule has 1 aromatic heterocycles. The molecule has 0 radical (unpaired) electrons. The third-order valence-electron chi connectivity index (χ3n) is 4.34. The van der Waals surface area contributed by atoms with E-state index in [4.69, 9.17) is 11.6 Å². The minimum absolute atomic E-state index is 0.0683. The molecule has 1 aliphatic carbocycles. The lowest BCUT2D eigenvalue weighted by atomic mass is 9.94. The summed E-state index contributed by atoms with van der Waals surface area (Å²) >= 11 is 9.57. The van der Waals surface area contributed by atoms with Gasteiger partial charge in [-0.25, -0.2) is 0 Å². The maximum Gasteiger partial charge on any atom is 0.253 e. The highest BCUT2D eigenvalue weighted by Gasteiger charge is 2.29. The molecule has 5 heteroatoms. The van der Waals surface area contributed by atoms with Crippen molar-refractivity contribution in [2.24, 2.45) is 5.92 Å². The van der Waals surface area contributed by atoms with Gasteiger partial charge in [0.15, 0.2) is 0 Å². The Labute approximate surface area is 149 Å². The zero-order chi connectivity index (χ0) is 16.2. The molecule has 2 aromatic rings. The van der Waals surface area contributed by atoms with Gasteiger partial charge in [-0.05, 0) is 49.1 Å². The first-order valence-electron chi connectivity index (χ1n) is 7.82. The Hall–Kier alpha value is -1.39. The Bertz CT molecular complexity index is 687. The molecule has 1 unspecified atom stereocenters. The third kappa shape index (κ3) is 3.93. The molecule has 23 heavy (non-hydrogen) atoms. The van der Waals surface area contributed by atoms with E-state index >= 15 is 0 Å². The molecule has 1 aliphatic rings. The largest absolute Gasteiger partial charge is 0.343 e. The summed E-state index contributed by atoms with van der Waals surface area (Å²) in [4.78, 5) is 17.2. The van der Waals surface area contributed by atoms with Crippen molar-refractivity contribution in [2.45, 2.75) is 31.7 Å². The summed E-state index contributed by atoms with van der Waals surface area (Å²) in [6.07, 6.45) is 6.43. The van der Waals surface area contributed by atoms with Crippen LogP contribution in [0.2, 0.25) is 5.02 Å². The van der Waals surface area contributed by atoms with Crippen molar-refractivity contribution in [2.75, 3.05) is 0 Å². The molecule has 3 rings (SSSR count). The number of hydrogen-bond acceptors (Lipinski definition) is 2. The van der Waals surface area contributed by atoms with Crippen LogP contribution >= 0.6 is 27.5 Å². The van der Waals surface area contributed by atoms with E-state index < -0.39 is 0 Å². The van der Waals surface area contributed by atoms with Gasteiger partial charge in [-0.3, -0.25) is 9.78 Å². The average Bonchev–Trinajstić information content (AvgIpc) is 3.09. The number of nitrogens with zero attached hydrogens (tertiary/aromatic N) is 1. The maximum absolute atomic E-state index is 12.7. The summed E-state index contributed by atoms with van der Waals surface area (Å²) in [5, 5.41) is 3.61. The van der Waals surface area contributed by atoms with Crippen LogP contribution in [0.25, 0.3) is 0 Å². The molecule has 1 atom stereocenters. The summed E-state index contributed by atoms with van der Waals surface area (Å²) < 4.78 is 0.835. The summed E-state index contributed by atoms with van der Waals surface area (Å²) in [5.41, 5.74) is 1.40. The highest BCUT2D eigenvalue weighted by atomic mass is 79.9. The molecule has 0 aliphatic heterocycles. The van der Waals surface area contributed by atoms with Gasteiger partial charge in [-0.2, -0.15) is 0 Å². The van der Waals surface area contributed by atoms with Gasteiger partial charge in [0, 0.05) is 10.7 Å². The van der Waals surface area contributed by atoms with E-state index in [0.29, 0.717) is 16.5 Å². The summed E-state index contributed by atoms with van der Waals surface area (Å²) in [6.45, 7) is 0. The average molecular weight is 394 g/mol. The predicted molar refractivity (Wildman–Crippen MR) is 95.6 cm³/mol. The molecular weight excluding hydrogens is 376 g/mol. The van der Waals surface area contributed by atoms with Crippen molar-refractivity contribution in [1.82, 2.24) is 10.3 Å². The second-order valence-electron chi connectivity index (χ2n) is 5.87. The highest BCUT2D eigenvalue weighted by Crippen LogP contribution is 2.35. The first-order valence-corrected chi connectivity index (χ1v) is 8.99. The molecule has 120 valence electrons. The van der Waals surface area contributed by atoms with Crippen LogP contribution in [0.3, 0.4) is 0 Å². The fourth-order valence-electron chi connectivity index (χ4n) is 3.17. The molecule has 1 amide bonds. The molecule has 3 nitrogen and oxygen atoms in total. The Morgan fingerprint density at radius 1 is 1.26 bits per heavy atom. The number of carbonyl (C=O) groups excluding carboxylic acids is 1. The van der Waals surface area contributed by atoms with Crippen LogP contribution in [0.15, 0.2) is 47.1 Å². The van der Waals surface area contributed by atoms with Gasteiger partial charge < -0.3 is 5.32 Å². The zero-order valence-electron chi connectivity index (χ0n) is 12.6. The number of rotatable bonds is 4. The Morgan fingerprint density at radius 2 is 2.04 bits per heavy atom. The predicted octanol–water partition coefficient (Wildman–Crippen LogP) is 5.16. The number of nitrogens with one attached hydrogen (secondary N) is 1. The van der Waals surface area contributed by atoms with E-state index in [9.17, 15) is 4.79 Å². The number of pyridine rings is 1. The second-order valence-corrected chi connectivity index (χ2v) is 7.20. The number of benzene rings is 1. The van der Waals surface area contributed by atoms with Crippen LogP contribution in [-0.2, 0) is 0 Å². The quantitative estimate of drug-likeness (QED) is 0.779. The smallest absolute Gasteiger partial charge is 0.253 e. The zero-order valence-corrected chi connectivity index (χ0v) is 15.0. The van der Waals surface area contributed by atoms with E-state index in [0.717, 1.165) is 23.0 Å². The highest BCUT2D eigenvalue weighted by molar-refractivity contribution is 9.10. The number of hydrogen-bond donors (Lipinski definition) is 1. The minimum Gasteiger partial charge on any atom is -0.343 e. The van der Waals surface area contributed by atoms with Gasteiger partial charge in [0.1, 0.15) is 0 Å². The van der Waals surface area contributed by atoms with Crippen LogP contribution in [0.1, 0.15) is 47.8 Å². The summed E-state index contributed by atoms with van der Waals surface area (Å²) in [5.74, 6) is 0.277. The monoisotopic (exact) mass is 392 g/mol. The maximum atomic E-state index is 12.7. The van der Waals surface area contributed by atoms with Crippen molar-refractivity contribution in [1.29, 1.82) is 0 Å². The van der Waals surface area contributed by atoms with Gasteiger partial charge in [0.05, 0.1) is 22.3 Å². The fourth-order valence-corrected chi connectivity index (χ4v) is 3.74. The first-order chi connectivity index (χ1) is 11.1. The van der Waals surface area contributed by atoms with E-state index in [1.807, 2.05) is 24.3 Å². The van der Waals surface area contributed by atoms with Crippen LogP contribution in [-0.4, -0.2) is 10.9 Å². The van der Waals surface area contributed by atoms with Gasteiger partial charge in [-0.1, -0.05) is 46.4 Å². The lowest BCUT2D eigenvalue weighted by Crippen LogP contribution is -2.33. The number of aromatic nitrogens is 1. The fraction of sp³-hybridized carbons (Fsp3) is 0.333. The van der Waals surface area contributed by atoms with Crippen molar-refractivity contribution in [3.8, 4) is 0 Å². The molecule has 1 aromatic carbocycles. The molecular formula is C18H18BrClN2O. The van der Waals surface area contributed by atoms with Crippen LogP contribution in [0.5, 0.6) is 0 Å². The summed E-state index contributed by atoms with van der Waals surface area (Å²) in [7, 11) is 0. The normalized spacial score (nSPS) is 16.3. The lowest BCUT2D eigenvalue weighted by Gasteiger charge is -2.24. The summed E-state index contributed by atoms with van der Waals surface area (Å²) in [6, 6.07) is 11.1. The Kier molecular flexibility index (Phi) is 5.34. The van der Waals surface area contributed by atoms with E-state index in [2.05, 4.69) is 26.2 Å². The third-order valence-corrected chi connectivity index (χ3v) is 5.16. The van der Waals surface area contributed by atoms with E-state index in [1.54, 1.807) is 18.3 Å². The van der Waals surface area contributed by atoms with Crippen molar-refractivity contribution in [3.63, 3.8) is 0 Å². The standard InChI is InChI=1S/C18H18BrClN2O/c19-13-8-9-15(20)14(11-13)18(23)22-17(12-5-1-2-6-12)16-7-3-4-10-21-16/h3-4,7-12,17H,1-2,5-6H2,(H,22,23). The van der Waals surface area contributed by atoms with Crippen molar-refractivity contribution in [3.05, 3.63) is 63.3 Å². The number of amides is 1.